The number of aryl methyl sites for hydroxylation is 2. The van der Waals surface area contributed by atoms with Crippen LogP contribution in [0.4, 0.5) is 0 Å². The van der Waals surface area contributed by atoms with Crippen molar-refractivity contribution in [3.05, 3.63) is 66.9 Å². The largest absolute Gasteiger partial charge is 0.423 e. The van der Waals surface area contributed by atoms with Gasteiger partial charge in [0.2, 0.25) is 0 Å². The van der Waals surface area contributed by atoms with Gasteiger partial charge in [-0.25, -0.2) is 9.78 Å². The number of nitrogens with one attached hydrogen (secondary N) is 1. The van der Waals surface area contributed by atoms with Gasteiger partial charge >= 0.3 is 5.63 Å². The van der Waals surface area contributed by atoms with Gasteiger partial charge in [-0.3, -0.25) is 4.79 Å². The lowest BCUT2D eigenvalue weighted by atomic mass is 10.1. The van der Waals surface area contributed by atoms with Crippen molar-refractivity contribution in [1.82, 2.24) is 9.97 Å². The van der Waals surface area contributed by atoms with Crippen molar-refractivity contribution in [3.63, 3.8) is 0 Å². The Kier molecular flexibility index (Phi) is 5.30. The molecule has 130 valence electrons. The third kappa shape index (κ3) is 4.14. The Balaban J connectivity index is 1.95. The minimum atomic E-state index is -0.411. The van der Waals surface area contributed by atoms with Crippen LogP contribution in [0.3, 0.4) is 0 Å². The number of rotatable bonds is 5. The molecule has 0 spiro atoms. The summed E-state index contributed by atoms with van der Waals surface area (Å²) in [5, 5.41) is 1.94. The van der Waals surface area contributed by atoms with Gasteiger partial charge in [-0.2, -0.15) is 0 Å². The van der Waals surface area contributed by atoms with E-state index in [0.29, 0.717) is 21.5 Å². The number of aromatic nitrogens is 2. The Morgan fingerprint density at radius 1 is 1.24 bits per heavy atom. The molecule has 1 aromatic carbocycles. The van der Waals surface area contributed by atoms with Gasteiger partial charge in [0, 0.05) is 34.0 Å². The number of aromatic amines is 1. The van der Waals surface area contributed by atoms with E-state index in [2.05, 4.69) is 9.97 Å². The van der Waals surface area contributed by atoms with Crippen molar-refractivity contribution in [2.45, 2.75) is 37.6 Å². The van der Waals surface area contributed by atoms with Crippen molar-refractivity contribution in [2.24, 2.45) is 0 Å². The zero-order valence-corrected chi connectivity index (χ0v) is 15.5. The normalized spacial score (nSPS) is 11.2. The average molecular weight is 377 g/mol. The summed E-state index contributed by atoms with van der Waals surface area (Å²) in [4.78, 5) is 30.8. The molecular formula is C18H17ClN2O3S. The Hall–Kier alpha value is -2.05. The van der Waals surface area contributed by atoms with Crippen molar-refractivity contribution < 1.29 is 4.42 Å². The van der Waals surface area contributed by atoms with Crippen LogP contribution in [0.25, 0.3) is 11.0 Å². The minimum absolute atomic E-state index is 0.169. The topological polar surface area (TPSA) is 76.0 Å². The molecule has 0 unspecified atom stereocenters. The predicted molar refractivity (Wildman–Crippen MR) is 101 cm³/mol. The lowest BCUT2D eigenvalue weighted by Crippen LogP contribution is -2.10. The molecule has 0 saturated heterocycles. The third-order valence-corrected chi connectivity index (χ3v) is 5.08. The van der Waals surface area contributed by atoms with Gasteiger partial charge in [0.15, 0.2) is 5.16 Å². The van der Waals surface area contributed by atoms with E-state index in [0.717, 1.165) is 35.0 Å². The summed E-state index contributed by atoms with van der Waals surface area (Å²) in [5.41, 5.74) is 2.33. The minimum Gasteiger partial charge on any atom is -0.423 e. The van der Waals surface area contributed by atoms with Crippen LogP contribution in [0.2, 0.25) is 5.02 Å². The summed E-state index contributed by atoms with van der Waals surface area (Å²) in [6.45, 7) is 3.90. The molecule has 0 aliphatic heterocycles. The lowest BCUT2D eigenvalue weighted by Gasteiger charge is -2.07. The molecule has 1 N–H and O–H groups in total. The van der Waals surface area contributed by atoms with Gasteiger partial charge in [-0.15, -0.1) is 0 Å². The van der Waals surface area contributed by atoms with Crippen molar-refractivity contribution in [1.29, 1.82) is 0 Å². The van der Waals surface area contributed by atoms with Gasteiger partial charge in [-0.1, -0.05) is 36.7 Å². The van der Waals surface area contributed by atoms with E-state index < -0.39 is 5.63 Å². The number of nitrogens with zero attached hydrogens (tertiary/aromatic N) is 1. The summed E-state index contributed by atoms with van der Waals surface area (Å²) in [7, 11) is 0. The fourth-order valence-corrected chi connectivity index (χ4v) is 3.60. The highest BCUT2D eigenvalue weighted by Gasteiger charge is 2.10. The second-order valence-corrected chi connectivity index (χ2v) is 7.14. The zero-order chi connectivity index (χ0) is 18.0. The number of fused-ring (bicyclic) bond motifs is 1. The standard InChI is InChI=1S/C18H17ClN2O3S/c1-3-4-12-7-16(22)21-18(20-12)25-9-11-6-17(23)24-15-5-10(2)14(19)8-13(11)15/h5-8H,3-4,9H2,1-2H3,(H,20,21,22). The summed E-state index contributed by atoms with van der Waals surface area (Å²) in [6.07, 6.45) is 1.67. The molecule has 0 atom stereocenters. The van der Waals surface area contributed by atoms with Crippen molar-refractivity contribution >= 4 is 34.3 Å². The SMILES string of the molecule is CCCc1cc(=O)[nH]c(SCc2cc(=O)oc3cc(C)c(Cl)cc23)n1. The predicted octanol–water partition coefficient (Wildman–Crippen LogP) is 4.08. The molecule has 0 amide bonds. The highest BCUT2D eigenvalue weighted by molar-refractivity contribution is 7.98. The van der Waals surface area contributed by atoms with Crippen molar-refractivity contribution in [3.8, 4) is 0 Å². The molecule has 3 aromatic rings. The summed E-state index contributed by atoms with van der Waals surface area (Å²) >= 11 is 7.58. The smallest absolute Gasteiger partial charge is 0.336 e. The molecule has 25 heavy (non-hydrogen) atoms. The lowest BCUT2D eigenvalue weighted by molar-refractivity contribution is 0.559. The first kappa shape index (κ1) is 17.8. The Morgan fingerprint density at radius 2 is 2.04 bits per heavy atom. The van der Waals surface area contributed by atoms with Crippen LogP contribution >= 0.6 is 23.4 Å². The molecule has 7 heteroatoms. The number of hydrogen-bond donors (Lipinski definition) is 1. The molecule has 0 saturated carbocycles. The highest BCUT2D eigenvalue weighted by Crippen LogP contribution is 2.28. The molecule has 5 nitrogen and oxygen atoms in total. The van der Waals surface area contributed by atoms with Gasteiger partial charge in [0.05, 0.1) is 0 Å². The van der Waals surface area contributed by atoms with Crippen LogP contribution in [-0.4, -0.2) is 9.97 Å². The maximum absolute atomic E-state index is 11.8. The maximum atomic E-state index is 11.8. The zero-order valence-electron chi connectivity index (χ0n) is 13.9. The number of hydrogen-bond acceptors (Lipinski definition) is 5. The molecule has 0 aliphatic rings. The Labute approximate surface area is 153 Å². The van der Waals surface area contributed by atoms with Crippen LogP contribution in [0, 0.1) is 6.92 Å². The summed E-state index contributed by atoms with van der Waals surface area (Å²) in [6, 6.07) is 6.53. The number of benzene rings is 1. The Bertz CT molecular complexity index is 1040. The quantitative estimate of drug-likeness (QED) is 0.412. The van der Waals surface area contributed by atoms with E-state index in [1.807, 2.05) is 13.8 Å². The first-order valence-electron chi connectivity index (χ1n) is 7.92. The highest BCUT2D eigenvalue weighted by atomic mass is 35.5. The molecule has 2 aromatic heterocycles. The van der Waals surface area contributed by atoms with E-state index in [4.69, 9.17) is 16.0 Å². The fourth-order valence-electron chi connectivity index (χ4n) is 2.55. The average Bonchev–Trinajstić information content (AvgIpc) is 2.54. The van der Waals surface area contributed by atoms with E-state index >= 15 is 0 Å². The van der Waals surface area contributed by atoms with Crippen LogP contribution in [0.1, 0.15) is 30.2 Å². The molecular weight excluding hydrogens is 360 g/mol. The van der Waals surface area contributed by atoms with Crippen LogP contribution < -0.4 is 11.2 Å². The Morgan fingerprint density at radius 3 is 2.80 bits per heavy atom. The molecule has 2 heterocycles. The number of thioether (sulfide) groups is 1. The van der Waals surface area contributed by atoms with E-state index in [-0.39, 0.29) is 5.56 Å². The van der Waals surface area contributed by atoms with Gasteiger partial charge in [0.25, 0.3) is 5.56 Å². The van der Waals surface area contributed by atoms with E-state index in [1.54, 1.807) is 12.1 Å². The van der Waals surface area contributed by atoms with E-state index in [1.165, 1.54) is 23.9 Å². The van der Waals surface area contributed by atoms with Gasteiger partial charge in [0.1, 0.15) is 5.58 Å². The summed E-state index contributed by atoms with van der Waals surface area (Å²) < 4.78 is 5.26. The third-order valence-electron chi connectivity index (χ3n) is 3.75. The molecule has 3 rings (SSSR count). The summed E-state index contributed by atoms with van der Waals surface area (Å²) in [5.74, 6) is 0.472. The molecule has 0 radical (unpaired) electrons. The number of halogens is 1. The monoisotopic (exact) mass is 376 g/mol. The van der Waals surface area contributed by atoms with Gasteiger partial charge in [-0.05, 0) is 36.6 Å². The molecule has 0 fully saturated rings. The van der Waals surface area contributed by atoms with Gasteiger partial charge < -0.3 is 9.40 Å². The molecule has 0 bridgehead atoms. The van der Waals surface area contributed by atoms with Crippen molar-refractivity contribution in [2.75, 3.05) is 0 Å². The first-order chi connectivity index (χ1) is 12.0. The second kappa shape index (κ2) is 7.45. The number of H-pyrrole nitrogens is 1. The second-order valence-electron chi connectivity index (χ2n) is 5.77. The fraction of sp³-hybridized carbons (Fsp3) is 0.278. The van der Waals surface area contributed by atoms with E-state index in [9.17, 15) is 9.59 Å². The van der Waals surface area contributed by atoms with Crippen LogP contribution in [0.15, 0.2) is 43.4 Å². The first-order valence-corrected chi connectivity index (χ1v) is 9.28. The molecule has 0 aliphatic carbocycles. The van der Waals surface area contributed by atoms with Crippen LogP contribution in [0.5, 0.6) is 0 Å². The maximum Gasteiger partial charge on any atom is 0.336 e. The van der Waals surface area contributed by atoms with Crippen LogP contribution in [-0.2, 0) is 12.2 Å².